The highest BCUT2D eigenvalue weighted by molar-refractivity contribution is 5.56. The van der Waals surface area contributed by atoms with Crippen LogP contribution in [0, 0.1) is 25.2 Å². The van der Waals surface area contributed by atoms with E-state index in [0.29, 0.717) is 23.6 Å². The summed E-state index contributed by atoms with van der Waals surface area (Å²) >= 11 is 0. The molecule has 0 radical (unpaired) electrons. The lowest BCUT2D eigenvalue weighted by Crippen LogP contribution is -2.33. The number of allylic oxidation sites excluding steroid dienone is 1. The molecule has 0 amide bonds. The van der Waals surface area contributed by atoms with E-state index in [1.54, 1.807) is 17.7 Å². The maximum atomic E-state index is 13.7. The fourth-order valence-corrected chi connectivity index (χ4v) is 4.03. The van der Waals surface area contributed by atoms with Crippen molar-refractivity contribution < 1.29 is 9.47 Å². The molecule has 0 fully saturated rings. The molecule has 0 aliphatic carbocycles. The maximum absolute atomic E-state index is 13.7. The molecule has 0 bridgehead atoms. The smallest absolute Gasteiger partial charge is 0.259 e. The second-order valence-corrected chi connectivity index (χ2v) is 7.65. The van der Waals surface area contributed by atoms with E-state index in [1.165, 1.54) is 0 Å². The van der Waals surface area contributed by atoms with Crippen LogP contribution in [0.3, 0.4) is 0 Å². The van der Waals surface area contributed by atoms with Crippen LogP contribution in [0.1, 0.15) is 33.9 Å². The van der Waals surface area contributed by atoms with Gasteiger partial charge in [0.1, 0.15) is 23.1 Å². The highest BCUT2D eigenvalue weighted by atomic mass is 16.5. The third-order valence-electron chi connectivity index (χ3n) is 5.54. The summed E-state index contributed by atoms with van der Waals surface area (Å²) < 4.78 is 12.8. The van der Waals surface area contributed by atoms with E-state index in [-0.39, 0.29) is 17.0 Å². The minimum atomic E-state index is -0.638. The van der Waals surface area contributed by atoms with Gasteiger partial charge in [0.25, 0.3) is 5.56 Å². The Hall–Kier alpha value is -3.98. The monoisotopic (exact) mass is 413 g/mol. The molecule has 31 heavy (non-hydrogen) atoms. The first kappa shape index (κ1) is 20.3. The molecule has 0 saturated carbocycles. The van der Waals surface area contributed by atoms with Gasteiger partial charge in [0.15, 0.2) is 0 Å². The number of ether oxygens (including phenoxy) is 2. The van der Waals surface area contributed by atoms with Crippen LogP contribution in [0.2, 0.25) is 0 Å². The van der Waals surface area contributed by atoms with E-state index in [9.17, 15) is 10.1 Å². The van der Waals surface area contributed by atoms with Crippen molar-refractivity contribution in [2.45, 2.75) is 26.3 Å². The number of pyridine rings is 1. The summed E-state index contributed by atoms with van der Waals surface area (Å²) in [7, 11) is 1.57. The molecule has 0 spiro atoms. The summed E-state index contributed by atoms with van der Waals surface area (Å²) in [5.41, 5.74) is 10.1. The molecule has 1 aromatic heterocycles. The number of rotatable bonds is 4. The summed E-state index contributed by atoms with van der Waals surface area (Å²) in [5, 5.41) is 9.82. The number of nitrogens with two attached hydrogens (primary N) is 1. The number of aromatic nitrogens is 1. The predicted octanol–water partition coefficient (Wildman–Crippen LogP) is 3.74. The first-order chi connectivity index (χ1) is 14.9. The van der Waals surface area contributed by atoms with Crippen molar-refractivity contribution >= 4 is 0 Å². The van der Waals surface area contributed by atoms with Crippen molar-refractivity contribution in [2.75, 3.05) is 7.11 Å². The lowest BCUT2D eigenvalue weighted by molar-refractivity contribution is 0.388. The van der Waals surface area contributed by atoms with Crippen LogP contribution in [-0.4, -0.2) is 11.7 Å². The quantitative estimate of drug-likeness (QED) is 0.704. The minimum absolute atomic E-state index is 0.0121. The first-order valence-corrected chi connectivity index (χ1v) is 9.94. The molecule has 1 atom stereocenters. The average molecular weight is 413 g/mol. The van der Waals surface area contributed by atoms with Crippen LogP contribution in [0.5, 0.6) is 11.5 Å². The van der Waals surface area contributed by atoms with E-state index >= 15 is 0 Å². The SMILES string of the molecule is COc1cccc(C2C(C#N)=C(N)Oc3cc(C)n(Cc4cccc(C)c4)c(=O)c32)c1. The molecule has 4 rings (SSSR count). The van der Waals surface area contributed by atoms with Gasteiger partial charge >= 0.3 is 0 Å². The van der Waals surface area contributed by atoms with Gasteiger partial charge in [0.2, 0.25) is 5.88 Å². The largest absolute Gasteiger partial charge is 0.497 e. The highest BCUT2D eigenvalue weighted by Crippen LogP contribution is 2.41. The molecule has 2 aromatic carbocycles. The zero-order valence-corrected chi connectivity index (χ0v) is 17.7. The molecule has 2 N–H and O–H groups in total. The summed E-state index contributed by atoms with van der Waals surface area (Å²) in [6.45, 7) is 4.30. The van der Waals surface area contributed by atoms with Gasteiger partial charge in [-0.1, -0.05) is 42.0 Å². The Kier molecular flexibility index (Phi) is 5.26. The topological polar surface area (TPSA) is 90.3 Å². The van der Waals surface area contributed by atoms with Gasteiger partial charge in [-0.05, 0) is 37.1 Å². The van der Waals surface area contributed by atoms with Gasteiger partial charge < -0.3 is 19.8 Å². The van der Waals surface area contributed by atoms with E-state index in [4.69, 9.17) is 15.2 Å². The Balaban J connectivity index is 1.92. The van der Waals surface area contributed by atoms with Crippen LogP contribution >= 0.6 is 0 Å². The summed E-state index contributed by atoms with van der Waals surface area (Å²) in [4.78, 5) is 13.7. The number of nitriles is 1. The zero-order valence-electron chi connectivity index (χ0n) is 17.7. The predicted molar refractivity (Wildman–Crippen MR) is 118 cm³/mol. The molecule has 1 unspecified atom stereocenters. The van der Waals surface area contributed by atoms with Crippen LogP contribution < -0.4 is 20.8 Å². The lowest BCUT2D eigenvalue weighted by Gasteiger charge is -2.27. The van der Waals surface area contributed by atoms with Crippen molar-refractivity contribution in [1.82, 2.24) is 4.57 Å². The second-order valence-electron chi connectivity index (χ2n) is 7.65. The van der Waals surface area contributed by atoms with E-state index < -0.39 is 5.92 Å². The number of hydrogen-bond acceptors (Lipinski definition) is 5. The molecule has 1 aliphatic rings. The summed E-state index contributed by atoms with van der Waals surface area (Å²) in [5.74, 6) is 0.389. The van der Waals surface area contributed by atoms with Crippen molar-refractivity contribution in [3.05, 3.63) is 104 Å². The first-order valence-electron chi connectivity index (χ1n) is 9.94. The van der Waals surface area contributed by atoms with Gasteiger partial charge in [-0.15, -0.1) is 0 Å². The molecule has 6 heteroatoms. The number of benzene rings is 2. The number of aryl methyl sites for hydroxylation is 2. The fraction of sp³-hybridized carbons (Fsp3) is 0.200. The Labute approximate surface area is 180 Å². The number of hydrogen-bond donors (Lipinski definition) is 1. The van der Waals surface area contributed by atoms with Gasteiger partial charge in [0, 0.05) is 11.8 Å². The Morgan fingerprint density at radius 1 is 1.16 bits per heavy atom. The molecule has 6 nitrogen and oxygen atoms in total. The standard InChI is InChI=1S/C25H23N3O3/c1-15-6-4-7-17(10-15)14-28-16(2)11-21-23(25(28)29)22(20(13-26)24(27)31-21)18-8-5-9-19(12-18)30-3/h4-12,22H,14,27H2,1-3H3. The second kappa shape index (κ2) is 8.04. The van der Waals surface area contributed by atoms with E-state index in [2.05, 4.69) is 12.1 Å². The van der Waals surface area contributed by atoms with Crippen LogP contribution in [0.25, 0.3) is 0 Å². The molecular weight excluding hydrogens is 390 g/mol. The van der Waals surface area contributed by atoms with Crippen molar-refractivity contribution in [3.63, 3.8) is 0 Å². The number of methoxy groups -OCH3 is 1. The van der Waals surface area contributed by atoms with Crippen molar-refractivity contribution in [2.24, 2.45) is 5.73 Å². The van der Waals surface area contributed by atoms with Gasteiger partial charge in [-0.25, -0.2) is 0 Å². The molecule has 0 saturated heterocycles. The van der Waals surface area contributed by atoms with Crippen LogP contribution in [0.4, 0.5) is 0 Å². The molecule has 156 valence electrons. The highest BCUT2D eigenvalue weighted by Gasteiger charge is 2.34. The molecular formula is C25H23N3O3. The number of fused-ring (bicyclic) bond motifs is 1. The third kappa shape index (κ3) is 3.66. The van der Waals surface area contributed by atoms with Gasteiger partial charge in [-0.3, -0.25) is 4.79 Å². The Morgan fingerprint density at radius 3 is 2.65 bits per heavy atom. The minimum Gasteiger partial charge on any atom is -0.497 e. The van der Waals surface area contributed by atoms with Crippen LogP contribution in [0.15, 0.2) is 70.8 Å². The van der Waals surface area contributed by atoms with Gasteiger partial charge in [0.05, 0.1) is 25.1 Å². The van der Waals surface area contributed by atoms with E-state index in [1.807, 2.05) is 56.3 Å². The van der Waals surface area contributed by atoms with Crippen LogP contribution in [-0.2, 0) is 6.54 Å². The molecule has 2 heterocycles. The van der Waals surface area contributed by atoms with Gasteiger partial charge in [-0.2, -0.15) is 5.26 Å². The zero-order chi connectivity index (χ0) is 22.1. The average Bonchev–Trinajstić information content (AvgIpc) is 2.76. The Morgan fingerprint density at radius 2 is 1.94 bits per heavy atom. The third-order valence-corrected chi connectivity index (χ3v) is 5.54. The fourth-order valence-electron chi connectivity index (χ4n) is 4.03. The maximum Gasteiger partial charge on any atom is 0.259 e. The van der Waals surface area contributed by atoms with E-state index in [0.717, 1.165) is 22.4 Å². The summed E-state index contributed by atoms with van der Waals surface area (Å²) in [6.07, 6.45) is 0. The van der Waals surface area contributed by atoms with Crippen molar-refractivity contribution in [3.8, 4) is 17.6 Å². The normalized spacial score (nSPS) is 15.1. The molecule has 1 aliphatic heterocycles. The molecule has 3 aromatic rings. The summed E-state index contributed by atoms with van der Waals surface area (Å²) in [6, 6.07) is 19.3. The Bertz CT molecular complexity index is 1300. The number of nitrogens with zero attached hydrogens (tertiary/aromatic N) is 2. The van der Waals surface area contributed by atoms with Crippen molar-refractivity contribution in [1.29, 1.82) is 5.26 Å². The lowest BCUT2D eigenvalue weighted by atomic mass is 9.84.